The molecule has 0 aliphatic carbocycles. The number of nitrogens with one attached hydrogen (secondary N) is 1. The third-order valence-corrected chi connectivity index (χ3v) is 4.60. The highest BCUT2D eigenvalue weighted by atomic mass is 35.5. The Bertz CT molecular complexity index is 1060. The van der Waals surface area contributed by atoms with Crippen LogP contribution in [0.4, 0.5) is 5.69 Å². The van der Waals surface area contributed by atoms with Gasteiger partial charge in [-0.2, -0.15) is 0 Å². The number of halogens is 1. The lowest BCUT2D eigenvalue weighted by Crippen LogP contribution is -2.03. The van der Waals surface area contributed by atoms with Gasteiger partial charge in [-0.1, -0.05) is 23.7 Å². The van der Waals surface area contributed by atoms with Gasteiger partial charge in [0.1, 0.15) is 6.61 Å². The molecule has 1 N–H and O–H groups in total. The van der Waals surface area contributed by atoms with Gasteiger partial charge in [-0.15, -0.1) is 0 Å². The molecular formula is C22H17ClN2O3. The second kappa shape index (κ2) is 7.74. The number of amides is 1. The molecule has 3 aromatic rings. The molecule has 2 heterocycles. The number of ether oxygens (including phenoxy) is 2. The van der Waals surface area contributed by atoms with E-state index < -0.39 is 0 Å². The fourth-order valence-corrected chi connectivity index (χ4v) is 3.17. The summed E-state index contributed by atoms with van der Waals surface area (Å²) in [4.78, 5) is 16.6. The van der Waals surface area contributed by atoms with Crippen LogP contribution in [-0.2, 0) is 11.4 Å². The summed E-state index contributed by atoms with van der Waals surface area (Å²) in [5, 5.41) is 3.43. The monoisotopic (exact) mass is 392 g/mol. The zero-order chi connectivity index (χ0) is 19.5. The number of carbonyl (C=O) groups is 1. The van der Waals surface area contributed by atoms with Crippen molar-refractivity contribution in [2.24, 2.45) is 0 Å². The minimum atomic E-state index is -0.163. The Morgan fingerprint density at radius 3 is 2.79 bits per heavy atom. The van der Waals surface area contributed by atoms with E-state index in [2.05, 4.69) is 10.3 Å². The van der Waals surface area contributed by atoms with Crippen molar-refractivity contribution in [2.75, 3.05) is 12.4 Å². The molecule has 0 saturated carbocycles. The molecule has 0 atom stereocenters. The molecular weight excluding hydrogens is 376 g/mol. The van der Waals surface area contributed by atoms with Crippen LogP contribution in [0.15, 0.2) is 60.8 Å². The normalized spacial score (nSPS) is 13.9. The molecule has 0 saturated heterocycles. The topological polar surface area (TPSA) is 60.5 Å². The van der Waals surface area contributed by atoms with Crippen LogP contribution in [0, 0.1) is 0 Å². The number of carbonyl (C=O) groups excluding carboxylic acids is 1. The molecule has 1 aliphatic heterocycles. The number of anilines is 1. The van der Waals surface area contributed by atoms with Crippen molar-refractivity contribution < 1.29 is 14.3 Å². The van der Waals surface area contributed by atoms with Crippen molar-refractivity contribution in [3.05, 3.63) is 82.6 Å². The van der Waals surface area contributed by atoms with Gasteiger partial charge in [0.25, 0.3) is 5.91 Å². The van der Waals surface area contributed by atoms with E-state index in [1.807, 2.05) is 42.5 Å². The summed E-state index contributed by atoms with van der Waals surface area (Å²) in [7, 11) is 1.59. The van der Waals surface area contributed by atoms with Gasteiger partial charge in [0.2, 0.25) is 0 Å². The van der Waals surface area contributed by atoms with E-state index in [0.717, 1.165) is 22.5 Å². The second-order valence-electron chi connectivity index (χ2n) is 6.22. The SMILES string of the molecule is COc1ccc(/C=C2\C(=O)Nc3ccc(Cl)cc32)cc1OCc1ccccn1. The van der Waals surface area contributed by atoms with Gasteiger partial charge in [0, 0.05) is 28.0 Å². The highest BCUT2D eigenvalue weighted by Crippen LogP contribution is 2.36. The summed E-state index contributed by atoms with van der Waals surface area (Å²) < 4.78 is 11.3. The van der Waals surface area contributed by atoms with Crippen LogP contribution in [0.2, 0.25) is 5.02 Å². The number of fused-ring (bicyclic) bond motifs is 1. The summed E-state index contributed by atoms with van der Waals surface area (Å²) in [5.41, 5.74) is 3.71. The van der Waals surface area contributed by atoms with Gasteiger partial charge in [-0.3, -0.25) is 9.78 Å². The summed E-state index contributed by atoms with van der Waals surface area (Å²) in [6.07, 6.45) is 3.53. The highest BCUT2D eigenvalue weighted by molar-refractivity contribution is 6.36. The lowest BCUT2D eigenvalue weighted by molar-refractivity contribution is -0.110. The van der Waals surface area contributed by atoms with Crippen molar-refractivity contribution in [3.8, 4) is 11.5 Å². The van der Waals surface area contributed by atoms with Crippen molar-refractivity contribution >= 4 is 34.8 Å². The van der Waals surface area contributed by atoms with E-state index in [4.69, 9.17) is 21.1 Å². The fourth-order valence-electron chi connectivity index (χ4n) is 3.00. The van der Waals surface area contributed by atoms with Gasteiger partial charge in [-0.05, 0) is 54.1 Å². The first kappa shape index (κ1) is 18.1. The molecule has 1 aromatic heterocycles. The maximum absolute atomic E-state index is 12.4. The third-order valence-electron chi connectivity index (χ3n) is 4.37. The first-order valence-electron chi connectivity index (χ1n) is 8.68. The molecule has 140 valence electrons. The summed E-state index contributed by atoms with van der Waals surface area (Å²) in [6.45, 7) is 0.316. The minimum Gasteiger partial charge on any atom is -0.493 e. The molecule has 4 rings (SSSR count). The largest absolute Gasteiger partial charge is 0.493 e. The molecule has 1 amide bonds. The number of methoxy groups -OCH3 is 1. The first-order chi connectivity index (χ1) is 13.6. The van der Waals surface area contributed by atoms with Gasteiger partial charge in [0.15, 0.2) is 11.5 Å². The molecule has 0 radical (unpaired) electrons. The van der Waals surface area contributed by atoms with E-state index in [1.165, 1.54) is 0 Å². The maximum atomic E-state index is 12.4. The number of aromatic nitrogens is 1. The number of hydrogen-bond donors (Lipinski definition) is 1. The number of benzene rings is 2. The molecule has 0 unspecified atom stereocenters. The van der Waals surface area contributed by atoms with Crippen LogP contribution in [0.3, 0.4) is 0 Å². The van der Waals surface area contributed by atoms with E-state index in [9.17, 15) is 4.79 Å². The molecule has 2 aromatic carbocycles. The van der Waals surface area contributed by atoms with Crippen LogP contribution < -0.4 is 14.8 Å². The first-order valence-corrected chi connectivity index (χ1v) is 9.05. The fraction of sp³-hybridized carbons (Fsp3) is 0.0909. The van der Waals surface area contributed by atoms with Crippen LogP contribution in [0.5, 0.6) is 11.5 Å². The molecule has 5 nitrogen and oxygen atoms in total. The van der Waals surface area contributed by atoms with Gasteiger partial charge < -0.3 is 14.8 Å². The minimum absolute atomic E-state index is 0.163. The second-order valence-corrected chi connectivity index (χ2v) is 6.66. The molecule has 28 heavy (non-hydrogen) atoms. The predicted molar refractivity (Wildman–Crippen MR) is 110 cm³/mol. The van der Waals surface area contributed by atoms with Gasteiger partial charge >= 0.3 is 0 Å². The quantitative estimate of drug-likeness (QED) is 0.632. The lowest BCUT2D eigenvalue weighted by atomic mass is 10.0. The van der Waals surface area contributed by atoms with Crippen LogP contribution >= 0.6 is 11.6 Å². The molecule has 1 aliphatic rings. The van der Waals surface area contributed by atoms with E-state index in [0.29, 0.717) is 28.7 Å². The van der Waals surface area contributed by atoms with Gasteiger partial charge in [-0.25, -0.2) is 0 Å². The third kappa shape index (κ3) is 3.70. The lowest BCUT2D eigenvalue weighted by Gasteiger charge is -2.11. The number of rotatable bonds is 5. The Kier molecular flexibility index (Phi) is 5.00. The number of nitrogens with zero attached hydrogens (tertiary/aromatic N) is 1. The Labute approximate surface area is 167 Å². The van der Waals surface area contributed by atoms with Gasteiger partial charge in [0.05, 0.1) is 12.8 Å². The number of pyridine rings is 1. The molecule has 6 heteroatoms. The Morgan fingerprint density at radius 2 is 2.00 bits per heavy atom. The maximum Gasteiger partial charge on any atom is 0.256 e. The van der Waals surface area contributed by atoms with Crippen LogP contribution in [0.25, 0.3) is 11.6 Å². The zero-order valence-electron chi connectivity index (χ0n) is 15.1. The Balaban J connectivity index is 1.65. The smallest absolute Gasteiger partial charge is 0.256 e. The van der Waals surface area contributed by atoms with Crippen molar-refractivity contribution in [2.45, 2.75) is 6.61 Å². The van der Waals surface area contributed by atoms with Crippen molar-refractivity contribution in [3.63, 3.8) is 0 Å². The number of hydrogen-bond acceptors (Lipinski definition) is 4. The highest BCUT2D eigenvalue weighted by Gasteiger charge is 2.24. The zero-order valence-corrected chi connectivity index (χ0v) is 15.9. The van der Waals surface area contributed by atoms with Crippen LogP contribution in [0.1, 0.15) is 16.8 Å². The average Bonchev–Trinajstić information content (AvgIpc) is 3.02. The molecule has 0 bridgehead atoms. The van der Waals surface area contributed by atoms with E-state index in [-0.39, 0.29) is 5.91 Å². The Morgan fingerprint density at radius 1 is 1.11 bits per heavy atom. The summed E-state index contributed by atoms with van der Waals surface area (Å²) in [5.74, 6) is 1.02. The van der Waals surface area contributed by atoms with Crippen LogP contribution in [-0.4, -0.2) is 18.0 Å². The Hall–Kier alpha value is -3.31. The van der Waals surface area contributed by atoms with E-state index >= 15 is 0 Å². The molecule has 0 spiro atoms. The molecule has 0 fully saturated rings. The summed E-state index contributed by atoms with van der Waals surface area (Å²) in [6, 6.07) is 16.5. The van der Waals surface area contributed by atoms with E-state index in [1.54, 1.807) is 31.5 Å². The standard InChI is InChI=1S/C22H17ClN2O3/c1-27-20-8-5-14(11-21(20)28-13-16-4-2-3-9-24-16)10-18-17-12-15(23)6-7-19(17)25-22(18)26/h2-12H,13H2,1H3,(H,25,26)/b18-10-. The van der Waals surface area contributed by atoms with Crippen molar-refractivity contribution in [1.29, 1.82) is 0 Å². The van der Waals surface area contributed by atoms with Crippen molar-refractivity contribution in [1.82, 2.24) is 4.98 Å². The summed E-state index contributed by atoms with van der Waals surface area (Å²) >= 11 is 6.09. The average molecular weight is 393 g/mol. The predicted octanol–water partition coefficient (Wildman–Crippen LogP) is 4.82.